The Morgan fingerprint density at radius 1 is 1.16 bits per heavy atom. The highest BCUT2D eigenvalue weighted by Crippen LogP contribution is 2.40. The lowest BCUT2D eigenvalue weighted by Crippen LogP contribution is -2.33. The molecule has 0 saturated heterocycles. The molecule has 0 fully saturated rings. The van der Waals surface area contributed by atoms with E-state index in [1.54, 1.807) is 17.0 Å². The van der Waals surface area contributed by atoms with E-state index in [4.69, 9.17) is 4.42 Å². The van der Waals surface area contributed by atoms with Gasteiger partial charge in [0.25, 0.3) is 5.91 Å². The number of carbonyl (C=O) groups is 2. The van der Waals surface area contributed by atoms with Crippen molar-refractivity contribution in [3.8, 4) is 0 Å². The van der Waals surface area contributed by atoms with Gasteiger partial charge in [0, 0.05) is 16.4 Å². The fourth-order valence-electron chi connectivity index (χ4n) is 3.92. The predicted molar refractivity (Wildman–Crippen MR) is 122 cm³/mol. The van der Waals surface area contributed by atoms with Crippen LogP contribution in [0.15, 0.2) is 74.8 Å². The molecule has 1 aromatic heterocycles. The molecule has 1 N–H and O–H groups in total. The molecule has 2 heterocycles. The van der Waals surface area contributed by atoms with Gasteiger partial charge in [-0.3, -0.25) is 9.59 Å². The minimum Gasteiger partial charge on any atom is -0.503 e. The lowest BCUT2D eigenvalue weighted by atomic mass is 9.95. The van der Waals surface area contributed by atoms with Crippen molar-refractivity contribution in [3.05, 3.63) is 81.7 Å². The molecule has 1 aliphatic heterocycles. The van der Waals surface area contributed by atoms with Gasteiger partial charge >= 0.3 is 0 Å². The van der Waals surface area contributed by atoms with Gasteiger partial charge in [0.2, 0.25) is 5.78 Å². The minimum atomic E-state index is -0.687. The van der Waals surface area contributed by atoms with Crippen molar-refractivity contribution in [2.45, 2.75) is 12.5 Å². The first-order valence-corrected chi connectivity index (χ1v) is 10.8. The lowest BCUT2D eigenvalue weighted by molar-refractivity contribution is -0.129. The number of aliphatic hydroxyl groups excluding tert-OH is 1. The van der Waals surface area contributed by atoms with Crippen LogP contribution in [0, 0.1) is 0 Å². The number of amides is 1. The Bertz CT molecular complexity index is 1150. The number of rotatable bonds is 7. The number of ketones is 1. The third-order valence-corrected chi connectivity index (χ3v) is 5.86. The van der Waals surface area contributed by atoms with E-state index in [1.165, 1.54) is 0 Å². The summed E-state index contributed by atoms with van der Waals surface area (Å²) in [6.45, 7) is 1.19. The summed E-state index contributed by atoms with van der Waals surface area (Å²) in [5.74, 6) is -1.43. The first-order chi connectivity index (χ1) is 14.9. The van der Waals surface area contributed by atoms with Crippen molar-refractivity contribution in [2.75, 3.05) is 27.2 Å². The highest BCUT2D eigenvalue weighted by molar-refractivity contribution is 9.10. The number of hydrogen-bond acceptors (Lipinski definition) is 5. The SMILES string of the molecule is CN(C)CCCN1C(=O)C(O)=C(C(=O)c2cc3ccccc3o2)[C@H]1c1cccc(Br)c1. The van der Waals surface area contributed by atoms with E-state index in [0.717, 1.165) is 22.0 Å². The van der Waals surface area contributed by atoms with Gasteiger partial charge in [0.1, 0.15) is 5.58 Å². The number of Topliss-reactive ketones (excluding diaryl/α,β-unsaturated/α-hetero) is 1. The monoisotopic (exact) mass is 482 g/mol. The van der Waals surface area contributed by atoms with Crippen molar-refractivity contribution >= 4 is 38.6 Å². The molecule has 0 bridgehead atoms. The van der Waals surface area contributed by atoms with E-state index in [2.05, 4.69) is 15.9 Å². The van der Waals surface area contributed by atoms with Crippen LogP contribution < -0.4 is 0 Å². The van der Waals surface area contributed by atoms with Crippen LogP contribution in [0.25, 0.3) is 11.0 Å². The zero-order chi connectivity index (χ0) is 22.1. The molecule has 3 aromatic rings. The summed E-state index contributed by atoms with van der Waals surface area (Å²) < 4.78 is 6.57. The molecule has 1 amide bonds. The summed E-state index contributed by atoms with van der Waals surface area (Å²) in [4.78, 5) is 30.0. The fraction of sp³-hybridized carbons (Fsp3) is 0.250. The Morgan fingerprint density at radius 2 is 1.94 bits per heavy atom. The Labute approximate surface area is 188 Å². The van der Waals surface area contributed by atoms with E-state index in [0.29, 0.717) is 18.5 Å². The number of nitrogens with zero attached hydrogens (tertiary/aromatic N) is 2. The molecule has 1 atom stereocenters. The summed E-state index contributed by atoms with van der Waals surface area (Å²) in [5.41, 5.74) is 1.38. The molecule has 2 aromatic carbocycles. The van der Waals surface area contributed by atoms with E-state index < -0.39 is 23.5 Å². The quantitative estimate of drug-likeness (QED) is 0.492. The molecule has 0 saturated carbocycles. The van der Waals surface area contributed by atoms with Gasteiger partial charge < -0.3 is 19.3 Å². The van der Waals surface area contributed by atoms with Gasteiger partial charge in [-0.1, -0.05) is 46.3 Å². The van der Waals surface area contributed by atoms with Crippen molar-refractivity contribution in [3.63, 3.8) is 0 Å². The number of carbonyl (C=O) groups excluding carboxylic acids is 2. The molecule has 31 heavy (non-hydrogen) atoms. The van der Waals surface area contributed by atoms with Crippen molar-refractivity contribution in [1.29, 1.82) is 0 Å². The van der Waals surface area contributed by atoms with E-state index in [1.807, 2.05) is 61.5 Å². The third-order valence-electron chi connectivity index (χ3n) is 5.37. The van der Waals surface area contributed by atoms with Gasteiger partial charge in [-0.25, -0.2) is 0 Å². The molecular weight excluding hydrogens is 460 g/mol. The number of halogens is 1. The molecule has 0 aliphatic carbocycles. The smallest absolute Gasteiger partial charge is 0.290 e. The lowest BCUT2D eigenvalue weighted by Gasteiger charge is -2.27. The molecule has 0 spiro atoms. The van der Waals surface area contributed by atoms with Gasteiger partial charge in [-0.05, 0) is 56.9 Å². The Kier molecular flexibility index (Phi) is 5.98. The minimum absolute atomic E-state index is 0.0482. The van der Waals surface area contributed by atoms with Crippen molar-refractivity contribution in [2.24, 2.45) is 0 Å². The van der Waals surface area contributed by atoms with Gasteiger partial charge in [-0.2, -0.15) is 0 Å². The number of furan rings is 1. The number of para-hydroxylation sites is 1. The highest BCUT2D eigenvalue weighted by atomic mass is 79.9. The first kappa shape index (κ1) is 21.3. The maximum atomic E-state index is 13.5. The molecule has 7 heteroatoms. The van der Waals surface area contributed by atoms with Crippen LogP contribution in [0.5, 0.6) is 0 Å². The third kappa shape index (κ3) is 4.16. The highest BCUT2D eigenvalue weighted by Gasteiger charge is 2.44. The van der Waals surface area contributed by atoms with Crippen LogP contribution in [-0.2, 0) is 4.79 Å². The second-order valence-corrected chi connectivity index (χ2v) is 8.77. The summed E-state index contributed by atoms with van der Waals surface area (Å²) >= 11 is 3.46. The number of fused-ring (bicyclic) bond motifs is 1. The van der Waals surface area contributed by atoms with Crippen LogP contribution in [0.1, 0.15) is 28.6 Å². The van der Waals surface area contributed by atoms with Crippen LogP contribution in [0.2, 0.25) is 0 Å². The summed E-state index contributed by atoms with van der Waals surface area (Å²) in [6.07, 6.45) is 0.711. The molecule has 160 valence electrons. The van der Waals surface area contributed by atoms with Crippen LogP contribution in [0.4, 0.5) is 0 Å². The second-order valence-electron chi connectivity index (χ2n) is 7.85. The number of aliphatic hydroxyl groups is 1. The normalized spacial score (nSPS) is 16.7. The topological polar surface area (TPSA) is 74.0 Å². The maximum absolute atomic E-state index is 13.5. The first-order valence-electron chi connectivity index (χ1n) is 10.0. The second kappa shape index (κ2) is 8.69. The van der Waals surface area contributed by atoms with Crippen LogP contribution in [0.3, 0.4) is 0 Å². The van der Waals surface area contributed by atoms with E-state index in [9.17, 15) is 14.7 Å². The zero-order valence-electron chi connectivity index (χ0n) is 17.3. The Hall–Kier alpha value is -2.90. The standard InChI is InChI=1S/C24H23BrN2O4/c1-26(2)11-6-12-27-21(16-8-5-9-17(25)13-16)20(23(29)24(27)30)22(28)19-14-15-7-3-4-10-18(15)31-19/h3-5,7-10,13-14,21,29H,6,11-12H2,1-2H3/t21-/m1/s1. The summed E-state index contributed by atoms with van der Waals surface area (Å²) in [5, 5.41) is 11.5. The van der Waals surface area contributed by atoms with Gasteiger partial charge in [0.05, 0.1) is 11.6 Å². The maximum Gasteiger partial charge on any atom is 0.290 e. The number of benzene rings is 2. The van der Waals surface area contributed by atoms with Gasteiger partial charge in [0.15, 0.2) is 11.5 Å². The fourth-order valence-corrected chi connectivity index (χ4v) is 4.34. The van der Waals surface area contributed by atoms with E-state index >= 15 is 0 Å². The molecule has 6 nitrogen and oxygen atoms in total. The van der Waals surface area contributed by atoms with Crippen LogP contribution >= 0.6 is 15.9 Å². The molecule has 0 radical (unpaired) electrons. The average Bonchev–Trinajstić information content (AvgIpc) is 3.28. The Balaban J connectivity index is 1.75. The molecular formula is C24H23BrN2O4. The van der Waals surface area contributed by atoms with Gasteiger partial charge in [-0.15, -0.1) is 0 Å². The number of hydrogen-bond donors (Lipinski definition) is 1. The van der Waals surface area contributed by atoms with Crippen molar-refractivity contribution < 1.29 is 19.1 Å². The zero-order valence-corrected chi connectivity index (χ0v) is 18.9. The predicted octanol–water partition coefficient (Wildman–Crippen LogP) is 4.73. The molecule has 4 rings (SSSR count). The summed E-state index contributed by atoms with van der Waals surface area (Å²) in [7, 11) is 3.92. The summed E-state index contributed by atoms with van der Waals surface area (Å²) in [6, 6.07) is 15.7. The molecule has 0 unspecified atom stereocenters. The van der Waals surface area contributed by atoms with Crippen LogP contribution in [-0.4, -0.2) is 53.8 Å². The van der Waals surface area contributed by atoms with Crippen molar-refractivity contribution in [1.82, 2.24) is 9.80 Å². The van der Waals surface area contributed by atoms with E-state index in [-0.39, 0.29) is 11.3 Å². The molecule has 1 aliphatic rings. The largest absolute Gasteiger partial charge is 0.503 e. The Morgan fingerprint density at radius 3 is 2.65 bits per heavy atom. The average molecular weight is 483 g/mol.